The minimum atomic E-state index is -0.0666. The van der Waals surface area contributed by atoms with Crippen LogP contribution in [0.3, 0.4) is 0 Å². The molecule has 1 aliphatic carbocycles. The lowest BCUT2D eigenvalue weighted by atomic mass is 10.1. The van der Waals surface area contributed by atoms with E-state index in [9.17, 15) is 9.59 Å². The molecule has 0 aromatic heterocycles. The molecule has 2 amide bonds. The molecule has 1 saturated carbocycles. The van der Waals surface area contributed by atoms with Crippen LogP contribution in [0, 0.1) is 17.3 Å². The Morgan fingerprint density at radius 1 is 1.25 bits per heavy atom. The highest BCUT2D eigenvalue weighted by molar-refractivity contribution is 7.99. The van der Waals surface area contributed by atoms with Crippen molar-refractivity contribution in [1.82, 2.24) is 4.90 Å². The zero-order chi connectivity index (χ0) is 11.9. The van der Waals surface area contributed by atoms with Crippen LogP contribution >= 0.6 is 11.8 Å². The smallest absolute Gasteiger partial charge is 0.233 e. The van der Waals surface area contributed by atoms with Crippen LogP contribution in [0.1, 0.15) is 27.2 Å². The van der Waals surface area contributed by atoms with E-state index in [4.69, 9.17) is 0 Å². The molecule has 0 bridgehead atoms. The minimum Gasteiger partial charge on any atom is -0.282 e. The fourth-order valence-electron chi connectivity index (χ4n) is 2.69. The van der Waals surface area contributed by atoms with Crippen LogP contribution in [0.4, 0.5) is 0 Å². The van der Waals surface area contributed by atoms with Crippen LogP contribution in [0.15, 0.2) is 0 Å². The quantitative estimate of drug-likeness (QED) is 0.544. The maximum Gasteiger partial charge on any atom is 0.233 e. The second kappa shape index (κ2) is 4.06. The van der Waals surface area contributed by atoms with Gasteiger partial charge in [0, 0.05) is 6.54 Å². The number of hydrogen-bond donors (Lipinski definition) is 0. The summed E-state index contributed by atoms with van der Waals surface area (Å²) < 4.78 is 0. The Labute approximate surface area is 101 Å². The van der Waals surface area contributed by atoms with Crippen molar-refractivity contribution in [2.75, 3.05) is 18.1 Å². The molecule has 2 fully saturated rings. The predicted octanol–water partition coefficient (Wildman–Crippen LogP) is 1.77. The van der Waals surface area contributed by atoms with Crippen molar-refractivity contribution >= 4 is 23.6 Å². The number of piperidine rings is 1. The summed E-state index contributed by atoms with van der Waals surface area (Å²) in [6, 6.07) is 0. The third-order valence-electron chi connectivity index (χ3n) is 3.77. The summed E-state index contributed by atoms with van der Waals surface area (Å²) in [5, 5.41) is 0. The van der Waals surface area contributed by atoms with Crippen LogP contribution in [0.25, 0.3) is 0 Å². The summed E-state index contributed by atoms with van der Waals surface area (Å²) in [5.74, 6) is 2.24. The van der Waals surface area contributed by atoms with Gasteiger partial charge in [-0.1, -0.05) is 20.8 Å². The molecule has 0 radical (unpaired) electrons. The second-order valence-electron chi connectivity index (χ2n) is 5.16. The van der Waals surface area contributed by atoms with E-state index in [1.54, 1.807) is 0 Å². The molecule has 0 aromatic rings. The van der Waals surface area contributed by atoms with Crippen molar-refractivity contribution in [2.24, 2.45) is 17.3 Å². The van der Waals surface area contributed by atoms with Gasteiger partial charge in [0.1, 0.15) is 0 Å². The zero-order valence-electron chi connectivity index (χ0n) is 10.2. The average Bonchev–Trinajstić information content (AvgIpc) is 2.68. The Morgan fingerprint density at radius 2 is 1.81 bits per heavy atom. The predicted molar refractivity (Wildman–Crippen MR) is 65.1 cm³/mol. The van der Waals surface area contributed by atoms with E-state index in [0.29, 0.717) is 6.54 Å². The number of nitrogens with zero attached hydrogens (tertiary/aromatic N) is 1. The van der Waals surface area contributed by atoms with Crippen LogP contribution in [0.5, 0.6) is 0 Å². The molecular weight excluding hydrogens is 222 g/mol. The Bertz CT molecular complexity index is 303. The third kappa shape index (κ3) is 1.67. The first-order chi connectivity index (χ1) is 7.51. The molecule has 1 saturated heterocycles. The summed E-state index contributed by atoms with van der Waals surface area (Å²) in [7, 11) is 0. The normalized spacial score (nSPS) is 30.8. The number of fused-ring (bicyclic) bond motifs is 1. The highest BCUT2D eigenvalue weighted by Gasteiger charge is 2.72. The number of amides is 2. The summed E-state index contributed by atoms with van der Waals surface area (Å²) in [6.45, 7) is 6.77. The van der Waals surface area contributed by atoms with E-state index in [-0.39, 0.29) is 29.1 Å². The molecule has 4 heteroatoms. The molecule has 1 aliphatic heterocycles. The molecule has 2 aliphatic rings. The van der Waals surface area contributed by atoms with Gasteiger partial charge < -0.3 is 0 Å². The van der Waals surface area contributed by atoms with Gasteiger partial charge >= 0.3 is 0 Å². The van der Waals surface area contributed by atoms with Gasteiger partial charge in [0.25, 0.3) is 0 Å². The molecule has 1 heterocycles. The molecule has 2 atom stereocenters. The number of likely N-dealkylation sites (tertiary alicyclic amines) is 1. The lowest BCUT2D eigenvalue weighted by molar-refractivity contribution is -0.143. The number of carbonyl (C=O) groups is 2. The number of rotatable bonds is 5. The topological polar surface area (TPSA) is 37.4 Å². The molecule has 16 heavy (non-hydrogen) atoms. The largest absolute Gasteiger partial charge is 0.282 e. The van der Waals surface area contributed by atoms with Gasteiger partial charge in [-0.25, -0.2) is 0 Å². The number of carbonyl (C=O) groups excluding carboxylic acids is 2. The first-order valence-corrected chi connectivity index (χ1v) is 7.10. The second-order valence-corrected chi connectivity index (χ2v) is 6.55. The van der Waals surface area contributed by atoms with Crippen molar-refractivity contribution in [1.29, 1.82) is 0 Å². The molecule has 3 nitrogen and oxygen atoms in total. The lowest BCUT2D eigenvalue weighted by Crippen LogP contribution is -2.37. The first-order valence-electron chi connectivity index (χ1n) is 5.94. The van der Waals surface area contributed by atoms with Gasteiger partial charge in [0.2, 0.25) is 11.8 Å². The summed E-state index contributed by atoms with van der Waals surface area (Å²) in [4.78, 5) is 25.4. The standard InChI is InChI=1S/C12H19NO2S/c1-4-16-7-5-6-13-10(14)8-9(11(13)15)12(8,2)3/h8-9H,4-7H2,1-3H3. The number of hydrogen-bond acceptors (Lipinski definition) is 3. The molecular formula is C12H19NO2S. The lowest BCUT2D eigenvalue weighted by Gasteiger charge is -2.20. The highest BCUT2D eigenvalue weighted by atomic mass is 32.2. The fourth-order valence-corrected chi connectivity index (χ4v) is 3.32. The van der Waals surface area contributed by atoms with Gasteiger partial charge in [-0.05, 0) is 23.3 Å². The Hall–Kier alpha value is -0.510. The van der Waals surface area contributed by atoms with Gasteiger partial charge in [0.15, 0.2) is 0 Å². The highest BCUT2D eigenvalue weighted by Crippen LogP contribution is 2.63. The monoisotopic (exact) mass is 241 g/mol. The van der Waals surface area contributed by atoms with Crippen LogP contribution in [-0.4, -0.2) is 34.8 Å². The van der Waals surface area contributed by atoms with Crippen molar-refractivity contribution in [3.8, 4) is 0 Å². The average molecular weight is 241 g/mol. The molecule has 2 rings (SSSR count). The van der Waals surface area contributed by atoms with Gasteiger partial charge in [-0.15, -0.1) is 0 Å². The Morgan fingerprint density at radius 3 is 2.31 bits per heavy atom. The van der Waals surface area contributed by atoms with Crippen molar-refractivity contribution in [3.63, 3.8) is 0 Å². The van der Waals surface area contributed by atoms with Crippen molar-refractivity contribution < 1.29 is 9.59 Å². The maximum absolute atomic E-state index is 11.9. The first kappa shape index (κ1) is 12.0. The fraction of sp³-hybridized carbons (Fsp3) is 0.833. The zero-order valence-corrected chi connectivity index (χ0v) is 11.0. The third-order valence-corrected chi connectivity index (χ3v) is 4.75. The van der Waals surface area contributed by atoms with E-state index < -0.39 is 0 Å². The van der Waals surface area contributed by atoms with E-state index in [1.807, 2.05) is 25.6 Å². The van der Waals surface area contributed by atoms with Crippen molar-refractivity contribution in [2.45, 2.75) is 27.2 Å². The van der Waals surface area contributed by atoms with E-state index >= 15 is 0 Å². The van der Waals surface area contributed by atoms with E-state index in [1.165, 1.54) is 4.90 Å². The molecule has 2 unspecified atom stereocenters. The molecule has 0 spiro atoms. The van der Waals surface area contributed by atoms with Gasteiger partial charge in [0.05, 0.1) is 11.8 Å². The Balaban J connectivity index is 1.86. The SMILES string of the molecule is CCSCCCN1C(=O)C2C(C1=O)C2(C)C. The maximum atomic E-state index is 11.9. The molecule has 0 N–H and O–H groups in total. The van der Waals surface area contributed by atoms with Gasteiger partial charge in [-0.2, -0.15) is 11.8 Å². The van der Waals surface area contributed by atoms with E-state index in [2.05, 4.69) is 6.92 Å². The number of imide groups is 1. The van der Waals surface area contributed by atoms with Crippen LogP contribution < -0.4 is 0 Å². The number of thioether (sulfide) groups is 1. The Kier molecular flexibility index (Phi) is 3.03. The van der Waals surface area contributed by atoms with Gasteiger partial charge in [-0.3, -0.25) is 14.5 Å². The van der Waals surface area contributed by atoms with Crippen LogP contribution in [0.2, 0.25) is 0 Å². The summed E-state index contributed by atoms with van der Waals surface area (Å²) in [5.41, 5.74) is -0.0666. The molecule has 0 aromatic carbocycles. The van der Waals surface area contributed by atoms with Crippen LogP contribution in [-0.2, 0) is 9.59 Å². The van der Waals surface area contributed by atoms with Crippen molar-refractivity contribution in [3.05, 3.63) is 0 Å². The minimum absolute atomic E-state index is 0.0150. The van der Waals surface area contributed by atoms with E-state index in [0.717, 1.165) is 17.9 Å². The summed E-state index contributed by atoms with van der Waals surface area (Å²) >= 11 is 1.86. The molecule has 90 valence electrons. The summed E-state index contributed by atoms with van der Waals surface area (Å²) in [6.07, 6.45) is 0.926.